The number of nitro groups is 1. The first kappa shape index (κ1) is 14.8. The van der Waals surface area contributed by atoms with Crippen LogP contribution in [0, 0.1) is 10.1 Å². The molecule has 1 saturated heterocycles. The van der Waals surface area contributed by atoms with Gasteiger partial charge in [-0.25, -0.2) is 4.79 Å². The van der Waals surface area contributed by atoms with Crippen molar-refractivity contribution in [2.75, 3.05) is 6.54 Å². The van der Waals surface area contributed by atoms with Crippen molar-refractivity contribution in [3.8, 4) is 5.75 Å². The minimum atomic E-state index is -0.795. The van der Waals surface area contributed by atoms with Gasteiger partial charge in [-0.1, -0.05) is 11.6 Å². The Bertz CT molecular complexity index is 686. The Morgan fingerprint density at radius 2 is 2.14 bits per heavy atom. The van der Waals surface area contributed by atoms with E-state index in [-0.39, 0.29) is 22.8 Å². The summed E-state index contributed by atoms with van der Waals surface area (Å²) >= 11 is 5.75. The fraction of sp³-hybridized carbons (Fsp3) is 0.167. The van der Waals surface area contributed by atoms with Crippen LogP contribution in [0.25, 0.3) is 6.08 Å². The highest BCUT2D eigenvalue weighted by atomic mass is 35.5. The lowest BCUT2D eigenvalue weighted by Gasteiger charge is -2.06. The number of halogens is 1. The Morgan fingerprint density at radius 1 is 1.48 bits per heavy atom. The summed E-state index contributed by atoms with van der Waals surface area (Å²) in [5, 5.41) is 23.0. The number of likely N-dealkylation sites (N-methyl/N-ethyl adjacent to an activating group) is 1. The number of amides is 3. The van der Waals surface area contributed by atoms with E-state index in [2.05, 4.69) is 5.32 Å². The molecule has 0 aromatic heterocycles. The fourth-order valence-corrected chi connectivity index (χ4v) is 2.09. The van der Waals surface area contributed by atoms with Crippen molar-refractivity contribution < 1.29 is 19.6 Å². The van der Waals surface area contributed by atoms with Crippen LogP contribution in [0.5, 0.6) is 5.75 Å². The number of aromatic hydroxyl groups is 1. The Labute approximate surface area is 123 Å². The minimum Gasteiger partial charge on any atom is -0.502 e. The Balaban J connectivity index is 2.49. The molecule has 0 spiro atoms. The first-order chi connectivity index (χ1) is 9.85. The van der Waals surface area contributed by atoms with Crippen molar-refractivity contribution in [1.82, 2.24) is 10.2 Å². The van der Waals surface area contributed by atoms with Gasteiger partial charge in [0.2, 0.25) is 5.75 Å². The summed E-state index contributed by atoms with van der Waals surface area (Å²) in [6.45, 7) is 1.81. The topological polar surface area (TPSA) is 113 Å². The average molecular weight is 312 g/mol. The minimum absolute atomic E-state index is 0.0236. The zero-order valence-corrected chi connectivity index (χ0v) is 11.5. The maximum Gasteiger partial charge on any atom is 0.328 e. The zero-order chi connectivity index (χ0) is 15.7. The smallest absolute Gasteiger partial charge is 0.328 e. The molecular weight excluding hydrogens is 302 g/mol. The van der Waals surface area contributed by atoms with E-state index in [0.29, 0.717) is 0 Å². The summed E-state index contributed by atoms with van der Waals surface area (Å²) in [5.74, 6) is -1.21. The molecular formula is C12H10ClN3O5. The summed E-state index contributed by atoms with van der Waals surface area (Å²) in [4.78, 5) is 34.4. The molecule has 0 bridgehead atoms. The van der Waals surface area contributed by atoms with Crippen LogP contribution in [-0.4, -0.2) is 33.4 Å². The summed E-state index contributed by atoms with van der Waals surface area (Å²) in [5.41, 5.74) is -0.706. The van der Waals surface area contributed by atoms with Crippen LogP contribution in [0.15, 0.2) is 17.8 Å². The molecule has 8 nitrogen and oxygen atoms in total. The molecule has 0 atom stereocenters. The van der Waals surface area contributed by atoms with Gasteiger partial charge in [-0.05, 0) is 19.1 Å². The van der Waals surface area contributed by atoms with E-state index in [1.54, 1.807) is 6.92 Å². The first-order valence-electron chi connectivity index (χ1n) is 5.86. The molecule has 0 radical (unpaired) electrons. The Hall–Kier alpha value is -2.61. The molecule has 9 heteroatoms. The molecule has 1 aromatic carbocycles. The zero-order valence-electron chi connectivity index (χ0n) is 10.8. The van der Waals surface area contributed by atoms with E-state index in [0.717, 1.165) is 17.0 Å². The molecule has 21 heavy (non-hydrogen) atoms. The molecule has 0 saturated carbocycles. The van der Waals surface area contributed by atoms with Gasteiger partial charge in [-0.2, -0.15) is 0 Å². The summed E-state index contributed by atoms with van der Waals surface area (Å²) < 4.78 is 0. The van der Waals surface area contributed by atoms with Gasteiger partial charge < -0.3 is 10.4 Å². The van der Waals surface area contributed by atoms with Crippen LogP contribution in [0.4, 0.5) is 10.5 Å². The molecule has 1 fully saturated rings. The average Bonchev–Trinajstić information content (AvgIpc) is 2.67. The lowest BCUT2D eigenvalue weighted by molar-refractivity contribution is -0.385. The maximum atomic E-state index is 11.9. The van der Waals surface area contributed by atoms with Crippen LogP contribution in [0.1, 0.15) is 12.5 Å². The third kappa shape index (κ3) is 2.65. The summed E-state index contributed by atoms with van der Waals surface area (Å²) in [7, 11) is 0. The highest BCUT2D eigenvalue weighted by Gasteiger charge is 2.32. The largest absolute Gasteiger partial charge is 0.502 e. The number of rotatable bonds is 3. The van der Waals surface area contributed by atoms with E-state index in [1.807, 2.05) is 0 Å². The molecule has 1 aliphatic rings. The molecule has 0 unspecified atom stereocenters. The number of phenols is 1. The van der Waals surface area contributed by atoms with E-state index < -0.39 is 28.3 Å². The van der Waals surface area contributed by atoms with Crippen molar-refractivity contribution >= 4 is 35.3 Å². The van der Waals surface area contributed by atoms with E-state index in [4.69, 9.17) is 11.6 Å². The van der Waals surface area contributed by atoms with Crippen LogP contribution < -0.4 is 5.32 Å². The predicted molar refractivity (Wildman–Crippen MR) is 73.7 cm³/mol. The van der Waals surface area contributed by atoms with E-state index in [9.17, 15) is 24.8 Å². The number of urea groups is 1. The number of hydrogen-bond acceptors (Lipinski definition) is 5. The lowest BCUT2D eigenvalue weighted by Crippen LogP contribution is -2.30. The monoisotopic (exact) mass is 311 g/mol. The van der Waals surface area contributed by atoms with E-state index in [1.165, 1.54) is 6.07 Å². The molecule has 110 valence electrons. The molecule has 2 rings (SSSR count). The number of carbonyl (C=O) groups excluding carboxylic acids is 2. The Morgan fingerprint density at radius 3 is 2.67 bits per heavy atom. The number of phenolic OH excluding ortho intramolecular Hbond substituents is 1. The van der Waals surface area contributed by atoms with Crippen molar-refractivity contribution in [1.29, 1.82) is 0 Å². The number of hydrogen-bond donors (Lipinski definition) is 2. The summed E-state index contributed by atoms with van der Waals surface area (Å²) in [6.07, 6.45) is 1.14. The lowest BCUT2D eigenvalue weighted by atomic mass is 10.1. The van der Waals surface area contributed by atoms with Gasteiger partial charge >= 0.3 is 11.7 Å². The van der Waals surface area contributed by atoms with Gasteiger partial charge in [0.1, 0.15) is 5.70 Å². The molecule has 1 aliphatic heterocycles. The molecule has 2 N–H and O–H groups in total. The quantitative estimate of drug-likeness (QED) is 0.383. The number of imide groups is 1. The number of carbonyl (C=O) groups is 2. The fourth-order valence-electron chi connectivity index (χ4n) is 1.87. The van der Waals surface area contributed by atoms with Gasteiger partial charge in [-0.15, -0.1) is 0 Å². The van der Waals surface area contributed by atoms with Gasteiger partial charge in [0.15, 0.2) is 0 Å². The standard InChI is InChI=1S/C12H10ClN3O5/c1-2-15-11(18)8(14-12(15)19)4-6-3-7(13)5-9(10(6)17)16(20)21/h3-5,17H,2H2,1H3,(H,14,19)/b8-4+. The van der Waals surface area contributed by atoms with Crippen LogP contribution in [0.2, 0.25) is 5.02 Å². The van der Waals surface area contributed by atoms with Gasteiger partial charge in [0, 0.05) is 23.2 Å². The SMILES string of the molecule is CCN1C(=O)N/C(=C/c2cc(Cl)cc([N+](=O)[O-])c2O)C1=O. The molecule has 0 aliphatic carbocycles. The van der Waals surface area contributed by atoms with Crippen molar-refractivity contribution in [2.45, 2.75) is 6.92 Å². The second-order valence-electron chi connectivity index (χ2n) is 4.16. The number of nitro benzene ring substituents is 1. The Kier molecular flexibility index (Phi) is 3.81. The summed E-state index contributed by atoms with van der Waals surface area (Å²) in [6, 6.07) is 1.65. The second-order valence-corrected chi connectivity index (χ2v) is 4.59. The van der Waals surface area contributed by atoms with Gasteiger partial charge in [0.25, 0.3) is 5.91 Å². The van der Waals surface area contributed by atoms with Crippen molar-refractivity contribution in [3.63, 3.8) is 0 Å². The predicted octanol–water partition coefficient (Wildman–Crippen LogP) is 1.87. The maximum absolute atomic E-state index is 11.9. The second kappa shape index (κ2) is 5.41. The van der Waals surface area contributed by atoms with E-state index >= 15 is 0 Å². The third-order valence-electron chi connectivity index (χ3n) is 2.86. The van der Waals surface area contributed by atoms with Crippen molar-refractivity contribution in [2.24, 2.45) is 0 Å². The third-order valence-corrected chi connectivity index (χ3v) is 3.08. The number of benzene rings is 1. The van der Waals surface area contributed by atoms with Crippen LogP contribution >= 0.6 is 11.6 Å². The normalized spacial score (nSPS) is 16.5. The van der Waals surface area contributed by atoms with Crippen LogP contribution in [-0.2, 0) is 4.79 Å². The van der Waals surface area contributed by atoms with Gasteiger partial charge in [0.05, 0.1) is 4.92 Å². The first-order valence-corrected chi connectivity index (χ1v) is 6.24. The van der Waals surface area contributed by atoms with Gasteiger partial charge in [-0.3, -0.25) is 19.8 Å². The highest BCUT2D eigenvalue weighted by Crippen LogP contribution is 2.34. The molecule has 3 amide bonds. The molecule has 1 aromatic rings. The number of nitrogens with one attached hydrogen (secondary N) is 1. The highest BCUT2D eigenvalue weighted by molar-refractivity contribution is 6.31. The molecule has 1 heterocycles. The van der Waals surface area contributed by atoms with Crippen molar-refractivity contribution in [3.05, 3.63) is 38.5 Å². The number of nitrogens with zero attached hydrogens (tertiary/aromatic N) is 2. The van der Waals surface area contributed by atoms with Crippen LogP contribution in [0.3, 0.4) is 0 Å².